The van der Waals surface area contributed by atoms with Gasteiger partial charge in [-0.25, -0.2) is 19.2 Å². The fourth-order valence-electron chi connectivity index (χ4n) is 1.87. The second-order valence-corrected chi connectivity index (χ2v) is 6.85. The summed E-state index contributed by atoms with van der Waals surface area (Å²) < 4.78 is 27.5. The molecule has 2 rings (SSSR count). The first-order chi connectivity index (χ1) is 9.44. The maximum Gasteiger partial charge on any atom is 0.245 e. The lowest BCUT2D eigenvalue weighted by Gasteiger charge is -2.23. The van der Waals surface area contributed by atoms with Crippen LogP contribution in [0.15, 0.2) is 21.6 Å². The number of carbonyl (C=O) groups excluding carboxylic acids is 1. The lowest BCUT2D eigenvalue weighted by molar-refractivity contribution is -0.124. The molecule has 20 heavy (non-hydrogen) atoms. The van der Waals surface area contributed by atoms with E-state index >= 15 is 0 Å². The molecule has 1 aliphatic heterocycles. The number of sulfonamides is 1. The first-order valence-corrected chi connectivity index (χ1v) is 8.14. The maximum atomic E-state index is 12.3. The van der Waals surface area contributed by atoms with Crippen molar-refractivity contribution >= 4 is 37.7 Å². The number of hydrogen-bond donors (Lipinski definition) is 4. The molecule has 2 heterocycles. The second-order valence-electron chi connectivity index (χ2n) is 4.25. The molecule has 5 N–H and O–H groups in total. The number of carbonyl (C=O) groups is 1. The van der Waals surface area contributed by atoms with E-state index in [1.807, 2.05) is 0 Å². The smallest absolute Gasteiger partial charge is 0.245 e. The molecule has 0 spiro atoms. The van der Waals surface area contributed by atoms with E-state index in [1.54, 1.807) is 0 Å². The van der Waals surface area contributed by atoms with Crippen molar-refractivity contribution in [2.75, 3.05) is 12.0 Å². The van der Waals surface area contributed by atoms with E-state index in [0.29, 0.717) is 17.4 Å². The van der Waals surface area contributed by atoms with Crippen molar-refractivity contribution in [3.8, 4) is 0 Å². The molecule has 0 aromatic carbocycles. The summed E-state index contributed by atoms with van der Waals surface area (Å²) in [6.45, 7) is 0.561. The Balaban J connectivity index is 2.30. The minimum Gasteiger partial charge on any atom is -0.355 e. The number of nitrogens with one attached hydrogen (secondary N) is 3. The van der Waals surface area contributed by atoms with Gasteiger partial charge in [-0.1, -0.05) is 0 Å². The Morgan fingerprint density at radius 3 is 2.90 bits per heavy atom. The molecular formula is C10H14BrN5O3S. The number of hydrazine groups is 1. The molecule has 1 aliphatic rings. The third-order valence-electron chi connectivity index (χ3n) is 2.83. The summed E-state index contributed by atoms with van der Waals surface area (Å²) in [6, 6.07) is 0.587. The number of rotatable bonds is 4. The zero-order valence-corrected chi connectivity index (χ0v) is 12.8. The number of nitrogens with zero attached hydrogens (tertiary/aromatic N) is 1. The van der Waals surface area contributed by atoms with Crippen molar-refractivity contribution in [1.29, 1.82) is 0 Å². The topological polar surface area (TPSA) is 126 Å². The zero-order chi connectivity index (χ0) is 14.8. The Hall–Kier alpha value is -1.23. The van der Waals surface area contributed by atoms with Crippen molar-refractivity contribution in [1.82, 2.24) is 15.0 Å². The largest absolute Gasteiger partial charge is 0.355 e. The number of anilines is 1. The third kappa shape index (κ3) is 3.26. The van der Waals surface area contributed by atoms with Crippen LogP contribution >= 0.6 is 15.9 Å². The highest BCUT2D eigenvalue weighted by molar-refractivity contribution is 9.10. The highest BCUT2D eigenvalue weighted by Crippen LogP contribution is 2.22. The molecule has 1 aromatic rings. The average molecular weight is 364 g/mol. The van der Waals surface area contributed by atoms with Crippen LogP contribution in [-0.2, 0) is 14.8 Å². The lowest BCUT2D eigenvalue weighted by atomic mass is 10.1. The van der Waals surface area contributed by atoms with Crippen molar-refractivity contribution in [3.63, 3.8) is 0 Å². The van der Waals surface area contributed by atoms with Crippen LogP contribution in [0.4, 0.5) is 5.82 Å². The van der Waals surface area contributed by atoms with Gasteiger partial charge in [0, 0.05) is 17.2 Å². The highest BCUT2D eigenvalue weighted by atomic mass is 79.9. The number of hydrogen-bond acceptors (Lipinski definition) is 6. The molecule has 1 atom stereocenters. The summed E-state index contributed by atoms with van der Waals surface area (Å²) in [5, 5.41) is 2.62. The van der Waals surface area contributed by atoms with Crippen LogP contribution in [0.1, 0.15) is 12.8 Å². The summed E-state index contributed by atoms with van der Waals surface area (Å²) in [4.78, 5) is 15.4. The minimum absolute atomic E-state index is 0.0110. The quantitative estimate of drug-likeness (QED) is 0.429. The first-order valence-electron chi connectivity index (χ1n) is 5.86. The molecule has 1 saturated heterocycles. The number of amides is 1. The maximum absolute atomic E-state index is 12.3. The summed E-state index contributed by atoms with van der Waals surface area (Å²) >= 11 is 3.15. The van der Waals surface area contributed by atoms with Crippen molar-refractivity contribution < 1.29 is 13.2 Å². The molecule has 110 valence electrons. The van der Waals surface area contributed by atoms with Gasteiger partial charge in [-0.2, -0.15) is 4.72 Å². The Kier molecular flexibility index (Phi) is 4.58. The summed E-state index contributed by atoms with van der Waals surface area (Å²) in [5.41, 5.74) is 2.23. The lowest BCUT2D eigenvalue weighted by Crippen LogP contribution is -2.50. The number of nitrogen functional groups attached to an aromatic ring is 1. The van der Waals surface area contributed by atoms with Gasteiger partial charge in [0.05, 0.1) is 0 Å². The molecular weight excluding hydrogens is 350 g/mol. The Bertz CT molecular complexity index is 621. The van der Waals surface area contributed by atoms with Crippen LogP contribution in [0.2, 0.25) is 0 Å². The molecule has 8 nitrogen and oxygen atoms in total. The Morgan fingerprint density at radius 2 is 2.25 bits per heavy atom. The summed E-state index contributed by atoms with van der Waals surface area (Å²) in [5.74, 6) is 4.94. The highest BCUT2D eigenvalue weighted by Gasteiger charge is 2.29. The number of pyridine rings is 1. The van der Waals surface area contributed by atoms with Gasteiger partial charge in [0.15, 0.2) is 5.82 Å². The molecule has 0 saturated carbocycles. The van der Waals surface area contributed by atoms with Crippen LogP contribution < -0.4 is 21.3 Å². The van der Waals surface area contributed by atoms with E-state index in [9.17, 15) is 13.2 Å². The number of nitrogens with two attached hydrogens (primary N) is 1. The van der Waals surface area contributed by atoms with Gasteiger partial charge < -0.3 is 10.7 Å². The van der Waals surface area contributed by atoms with Crippen LogP contribution in [0.3, 0.4) is 0 Å². The van der Waals surface area contributed by atoms with Crippen LogP contribution in [0, 0.1) is 0 Å². The normalized spacial score (nSPS) is 19.5. The zero-order valence-electron chi connectivity index (χ0n) is 10.4. The van der Waals surface area contributed by atoms with E-state index in [2.05, 4.69) is 36.4 Å². The van der Waals surface area contributed by atoms with Crippen molar-refractivity contribution in [2.24, 2.45) is 5.84 Å². The number of piperidine rings is 1. The van der Waals surface area contributed by atoms with Crippen LogP contribution in [0.5, 0.6) is 0 Å². The van der Waals surface area contributed by atoms with Crippen molar-refractivity contribution in [2.45, 2.75) is 23.8 Å². The van der Waals surface area contributed by atoms with Gasteiger partial charge >= 0.3 is 0 Å². The second kappa shape index (κ2) is 6.04. The fourth-order valence-corrected chi connectivity index (χ4v) is 3.73. The molecule has 10 heteroatoms. The monoisotopic (exact) mass is 363 g/mol. The molecule has 1 amide bonds. The minimum atomic E-state index is -3.90. The van der Waals surface area contributed by atoms with Gasteiger partial charge in [-0.05, 0) is 34.8 Å². The van der Waals surface area contributed by atoms with Crippen LogP contribution in [0.25, 0.3) is 0 Å². The van der Waals surface area contributed by atoms with Gasteiger partial charge in [-0.15, -0.1) is 0 Å². The van der Waals surface area contributed by atoms with E-state index < -0.39 is 16.1 Å². The van der Waals surface area contributed by atoms with Crippen LogP contribution in [-0.4, -0.2) is 31.9 Å². The van der Waals surface area contributed by atoms with Gasteiger partial charge in [0.2, 0.25) is 15.9 Å². The molecule has 1 fully saturated rings. The van der Waals surface area contributed by atoms with Gasteiger partial charge in [-0.3, -0.25) is 4.79 Å². The third-order valence-corrected chi connectivity index (χ3v) is 4.75. The number of halogens is 1. The molecule has 0 bridgehead atoms. The molecule has 0 aliphatic carbocycles. The van der Waals surface area contributed by atoms with E-state index in [1.165, 1.54) is 12.3 Å². The van der Waals surface area contributed by atoms with E-state index in [-0.39, 0.29) is 16.6 Å². The predicted octanol–water partition coefficient (Wildman–Crippen LogP) is -0.313. The summed E-state index contributed by atoms with van der Waals surface area (Å²) in [6.07, 6.45) is 2.59. The average Bonchev–Trinajstić information content (AvgIpc) is 2.41. The SMILES string of the molecule is NNc1ncc(Br)cc1S(=O)(=O)NC1CCCNC1=O. The number of aromatic nitrogens is 1. The van der Waals surface area contributed by atoms with Gasteiger partial charge in [0.25, 0.3) is 0 Å². The molecule has 1 unspecified atom stereocenters. The predicted molar refractivity (Wildman–Crippen MR) is 76.1 cm³/mol. The van der Waals surface area contributed by atoms with Gasteiger partial charge in [0.1, 0.15) is 10.9 Å². The van der Waals surface area contributed by atoms with E-state index in [0.717, 1.165) is 6.42 Å². The van der Waals surface area contributed by atoms with E-state index in [4.69, 9.17) is 5.84 Å². The molecule has 1 aromatic heterocycles. The Labute approximate surface area is 124 Å². The van der Waals surface area contributed by atoms with Crippen molar-refractivity contribution in [3.05, 3.63) is 16.7 Å². The standard InChI is InChI=1S/C10H14BrN5O3S/c11-6-4-8(9(15-12)14-5-6)20(18,19)16-7-2-1-3-13-10(7)17/h4-5,7,16H,1-3,12H2,(H,13,17)(H,14,15). The summed E-state index contributed by atoms with van der Waals surface area (Å²) in [7, 11) is -3.90. The Morgan fingerprint density at radius 1 is 1.50 bits per heavy atom. The first kappa shape index (κ1) is 15.2. The fraction of sp³-hybridized carbons (Fsp3) is 0.400. The molecule has 0 radical (unpaired) electrons.